The molecule has 0 saturated carbocycles. The highest BCUT2D eigenvalue weighted by atomic mass is 16.5. The molecule has 0 radical (unpaired) electrons. The number of fused-ring (bicyclic) bond motifs is 2. The van der Waals surface area contributed by atoms with E-state index in [1.165, 1.54) is 0 Å². The predicted molar refractivity (Wildman–Crippen MR) is 111 cm³/mol. The van der Waals surface area contributed by atoms with Gasteiger partial charge in [-0.2, -0.15) is 0 Å². The van der Waals surface area contributed by atoms with Gasteiger partial charge in [-0.25, -0.2) is 4.98 Å². The number of piperazine rings is 1. The van der Waals surface area contributed by atoms with E-state index in [2.05, 4.69) is 28.1 Å². The maximum atomic E-state index is 13.2. The van der Waals surface area contributed by atoms with Crippen molar-refractivity contribution in [2.24, 2.45) is 0 Å². The number of pyridine rings is 1. The molecule has 0 unspecified atom stereocenters. The second-order valence-electron chi connectivity index (χ2n) is 7.55. The first-order chi connectivity index (χ1) is 14.3. The van der Waals surface area contributed by atoms with E-state index in [0.717, 1.165) is 54.6 Å². The number of carbonyl (C=O) groups is 1. The molecule has 1 N–H and O–H groups in total. The van der Waals surface area contributed by atoms with E-state index in [-0.39, 0.29) is 11.8 Å². The number of anilines is 1. The van der Waals surface area contributed by atoms with Crippen LogP contribution in [0, 0.1) is 0 Å². The van der Waals surface area contributed by atoms with Gasteiger partial charge in [0.15, 0.2) is 0 Å². The van der Waals surface area contributed by atoms with Crippen molar-refractivity contribution in [3.05, 3.63) is 84.1 Å². The lowest BCUT2D eigenvalue weighted by Gasteiger charge is -2.33. The van der Waals surface area contributed by atoms with Crippen LogP contribution in [0.25, 0.3) is 0 Å². The van der Waals surface area contributed by atoms with Crippen molar-refractivity contribution in [2.75, 3.05) is 31.1 Å². The Morgan fingerprint density at radius 3 is 2.10 bits per heavy atom. The monoisotopic (exact) mass is 386 g/mol. The highest BCUT2D eigenvalue weighted by molar-refractivity contribution is 5.79. The first kappa shape index (κ1) is 17.7. The second kappa shape index (κ2) is 7.59. The zero-order valence-electron chi connectivity index (χ0n) is 16.3. The van der Waals surface area contributed by atoms with Crippen molar-refractivity contribution in [3.63, 3.8) is 0 Å². The number of aromatic nitrogens is 1. The molecule has 1 saturated heterocycles. The molecule has 2 aliphatic heterocycles. The van der Waals surface area contributed by atoms with E-state index in [1.54, 1.807) is 0 Å². The van der Waals surface area contributed by atoms with Crippen LogP contribution in [0.1, 0.15) is 23.5 Å². The van der Waals surface area contributed by atoms with Crippen molar-refractivity contribution in [3.8, 4) is 11.5 Å². The number of rotatable bonds is 3. The summed E-state index contributed by atoms with van der Waals surface area (Å²) in [5.74, 6) is 3.05. The average Bonchev–Trinajstić information content (AvgIpc) is 2.79. The molecule has 2 aliphatic rings. The molecule has 146 valence electrons. The van der Waals surface area contributed by atoms with Gasteiger partial charge in [-0.15, -0.1) is 0 Å². The van der Waals surface area contributed by atoms with Crippen LogP contribution in [-0.2, 0) is 4.79 Å². The molecule has 5 nitrogen and oxygen atoms in total. The van der Waals surface area contributed by atoms with Crippen LogP contribution >= 0.6 is 0 Å². The van der Waals surface area contributed by atoms with Gasteiger partial charge in [-0.05, 0) is 18.2 Å². The third-order valence-corrected chi connectivity index (χ3v) is 5.85. The maximum absolute atomic E-state index is 13.2. The summed E-state index contributed by atoms with van der Waals surface area (Å²) in [4.78, 5) is 20.8. The number of amides is 1. The zero-order chi connectivity index (χ0) is 19.6. The number of nitrogens with one attached hydrogen (secondary N) is 1. The number of H-pyrrole nitrogens is 1. The molecule has 3 aromatic rings. The summed E-state index contributed by atoms with van der Waals surface area (Å²) >= 11 is 0. The van der Waals surface area contributed by atoms with E-state index >= 15 is 0 Å². The number of para-hydroxylation sites is 2. The highest BCUT2D eigenvalue weighted by Crippen LogP contribution is 2.45. The van der Waals surface area contributed by atoms with Crippen LogP contribution in [0.5, 0.6) is 11.5 Å². The van der Waals surface area contributed by atoms with Gasteiger partial charge in [0, 0.05) is 29.5 Å². The minimum Gasteiger partial charge on any atom is -0.457 e. The van der Waals surface area contributed by atoms with E-state index in [1.807, 2.05) is 59.6 Å². The third-order valence-electron chi connectivity index (χ3n) is 5.85. The van der Waals surface area contributed by atoms with E-state index in [0.29, 0.717) is 6.42 Å². The van der Waals surface area contributed by atoms with Gasteiger partial charge in [0.2, 0.25) is 5.91 Å². The molecule has 0 atom stereocenters. The lowest BCUT2D eigenvalue weighted by atomic mass is 9.85. The minimum atomic E-state index is 0.0316. The van der Waals surface area contributed by atoms with Gasteiger partial charge in [-0.1, -0.05) is 42.5 Å². The Hall–Kier alpha value is -3.34. The fourth-order valence-corrected chi connectivity index (χ4v) is 4.31. The molecule has 2 aromatic carbocycles. The predicted octanol–water partition coefficient (Wildman–Crippen LogP) is 3.48. The zero-order valence-corrected chi connectivity index (χ0v) is 16.3. The SMILES string of the molecule is O=C(CC1c2ccccc2Oc2ccccc21)N1CCN(c2cccc[nH+]2)CC1. The lowest BCUT2D eigenvalue weighted by molar-refractivity contribution is -0.364. The summed E-state index contributed by atoms with van der Waals surface area (Å²) in [7, 11) is 0. The van der Waals surface area contributed by atoms with Gasteiger partial charge in [0.1, 0.15) is 24.6 Å². The number of nitrogens with zero attached hydrogens (tertiary/aromatic N) is 2. The molecule has 0 aliphatic carbocycles. The molecule has 3 heterocycles. The summed E-state index contributed by atoms with van der Waals surface area (Å²) in [6.45, 7) is 3.17. The smallest absolute Gasteiger partial charge is 0.274 e. The molecular formula is C24H24N3O2+. The van der Waals surface area contributed by atoms with Crippen LogP contribution in [0.15, 0.2) is 72.9 Å². The number of hydrogen-bond donors (Lipinski definition) is 0. The van der Waals surface area contributed by atoms with Gasteiger partial charge < -0.3 is 9.64 Å². The summed E-state index contributed by atoms with van der Waals surface area (Å²) in [6, 6.07) is 22.2. The van der Waals surface area contributed by atoms with Crippen molar-refractivity contribution >= 4 is 11.7 Å². The topological polar surface area (TPSA) is 46.9 Å². The van der Waals surface area contributed by atoms with Crippen molar-refractivity contribution in [2.45, 2.75) is 12.3 Å². The molecule has 0 bridgehead atoms. The summed E-state index contributed by atoms with van der Waals surface area (Å²) in [6.07, 6.45) is 2.40. The van der Waals surface area contributed by atoms with Gasteiger partial charge in [-0.3, -0.25) is 9.69 Å². The number of hydrogen-bond acceptors (Lipinski definition) is 3. The standard InChI is InChI=1S/C24H23N3O2/c28-24(27-15-13-26(14-16-27)23-11-5-6-12-25-23)17-20-18-7-1-3-9-21(18)29-22-10-4-2-8-19(20)22/h1-12,20H,13-17H2/p+1. The summed E-state index contributed by atoms with van der Waals surface area (Å²) < 4.78 is 6.06. The molecule has 1 fully saturated rings. The van der Waals surface area contributed by atoms with E-state index < -0.39 is 0 Å². The Labute approximate surface area is 170 Å². The van der Waals surface area contributed by atoms with Crippen molar-refractivity contribution < 1.29 is 14.5 Å². The fourth-order valence-electron chi connectivity index (χ4n) is 4.31. The number of carbonyl (C=O) groups excluding carboxylic acids is 1. The molecule has 1 aromatic heterocycles. The summed E-state index contributed by atoms with van der Waals surface area (Å²) in [5.41, 5.74) is 2.19. The Balaban J connectivity index is 1.32. The quantitative estimate of drug-likeness (QED) is 0.692. The van der Waals surface area contributed by atoms with Crippen LogP contribution in [0.4, 0.5) is 5.82 Å². The number of aromatic amines is 1. The molecule has 29 heavy (non-hydrogen) atoms. The molecule has 5 rings (SSSR count). The maximum Gasteiger partial charge on any atom is 0.274 e. The molecular weight excluding hydrogens is 362 g/mol. The normalized spacial score (nSPS) is 16.0. The molecule has 1 amide bonds. The largest absolute Gasteiger partial charge is 0.457 e. The van der Waals surface area contributed by atoms with Gasteiger partial charge in [0.25, 0.3) is 5.82 Å². The fraction of sp³-hybridized carbons (Fsp3) is 0.250. The third kappa shape index (κ3) is 3.44. The van der Waals surface area contributed by atoms with E-state index in [9.17, 15) is 4.79 Å². The van der Waals surface area contributed by atoms with Gasteiger partial charge in [0.05, 0.1) is 19.3 Å². The van der Waals surface area contributed by atoms with Crippen LogP contribution < -0.4 is 14.6 Å². The molecule has 0 spiro atoms. The Kier molecular flexibility index (Phi) is 4.64. The Bertz CT molecular complexity index is 968. The first-order valence-corrected chi connectivity index (χ1v) is 10.1. The van der Waals surface area contributed by atoms with E-state index in [4.69, 9.17) is 4.74 Å². The van der Waals surface area contributed by atoms with Gasteiger partial charge >= 0.3 is 0 Å². The molecule has 5 heteroatoms. The van der Waals surface area contributed by atoms with Crippen LogP contribution in [0.2, 0.25) is 0 Å². The van der Waals surface area contributed by atoms with Crippen molar-refractivity contribution in [1.82, 2.24) is 4.90 Å². The highest BCUT2D eigenvalue weighted by Gasteiger charge is 2.32. The Morgan fingerprint density at radius 2 is 1.48 bits per heavy atom. The number of ether oxygens (including phenoxy) is 1. The number of benzene rings is 2. The van der Waals surface area contributed by atoms with Crippen LogP contribution in [0.3, 0.4) is 0 Å². The lowest BCUT2D eigenvalue weighted by Crippen LogP contribution is -2.50. The first-order valence-electron chi connectivity index (χ1n) is 10.1. The average molecular weight is 386 g/mol. The second-order valence-corrected chi connectivity index (χ2v) is 7.55. The Morgan fingerprint density at radius 1 is 0.862 bits per heavy atom. The summed E-state index contributed by atoms with van der Waals surface area (Å²) in [5, 5.41) is 0. The van der Waals surface area contributed by atoms with Crippen LogP contribution in [-0.4, -0.2) is 37.0 Å². The van der Waals surface area contributed by atoms with Crippen molar-refractivity contribution in [1.29, 1.82) is 0 Å². The minimum absolute atomic E-state index is 0.0316.